The van der Waals surface area contributed by atoms with E-state index in [1.807, 2.05) is 44.6 Å². The van der Waals surface area contributed by atoms with Crippen LogP contribution >= 0.6 is 11.6 Å². The van der Waals surface area contributed by atoms with Crippen LogP contribution in [0.4, 0.5) is 5.69 Å². The van der Waals surface area contributed by atoms with E-state index < -0.39 is 0 Å². The second-order valence-corrected chi connectivity index (χ2v) is 4.63. The van der Waals surface area contributed by atoms with Gasteiger partial charge in [0.15, 0.2) is 0 Å². The molecule has 0 aliphatic rings. The van der Waals surface area contributed by atoms with E-state index in [4.69, 9.17) is 11.6 Å². The van der Waals surface area contributed by atoms with Crippen LogP contribution in [0.15, 0.2) is 30.6 Å². The minimum absolute atomic E-state index is 0.209. The Bertz CT molecular complexity index is 519. The molecular weight excluding hydrogens is 234 g/mol. The van der Waals surface area contributed by atoms with E-state index >= 15 is 0 Å². The lowest BCUT2D eigenvalue weighted by atomic mass is 10.1. The molecular formula is C13H16ClN3. The molecule has 1 N–H and O–H groups in total. The number of nitrogens with one attached hydrogen (secondary N) is 1. The minimum Gasteiger partial charge on any atom is -0.378 e. The first-order chi connectivity index (χ1) is 8.08. The lowest BCUT2D eigenvalue weighted by Gasteiger charge is -2.16. The van der Waals surface area contributed by atoms with Gasteiger partial charge in [-0.05, 0) is 31.5 Å². The zero-order chi connectivity index (χ0) is 12.4. The fourth-order valence-electron chi connectivity index (χ4n) is 1.74. The maximum Gasteiger partial charge on any atom is 0.0542 e. The summed E-state index contributed by atoms with van der Waals surface area (Å²) in [5.41, 5.74) is 3.30. The molecule has 1 unspecified atom stereocenters. The summed E-state index contributed by atoms with van der Waals surface area (Å²) in [4.78, 5) is 0. The predicted molar refractivity (Wildman–Crippen MR) is 71.4 cm³/mol. The third-order valence-electron chi connectivity index (χ3n) is 2.86. The molecule has 90 valence electrons. The van der Waals surface area contributed by atoms with E-state index in [1.54, 1.807) is 4.68 Å². The average molecular weight is 250 g/mol. The second-order valence-electron chi connectivity index (χ2n) is 4.23. The molecule has 0 aliphatic carbocycles. The second kappa shape index (κ2) is 4.80. The molecule has 0 saturated carbocycles. The monoisotopic (exact) mass is 249 g/mol. The van der Waals surface area contributed by atoms with Gasteiger partial charge in [-0.15, -0.1) is 0 Å². The van der Waals surface area contributed by atoms with Crippen LogP contribution in [0.2, 0.25) is 5.02 Å². The quantitative estimate of drug-likeness (QED) is 0.902. The summed E-state index contributed by atoms with van der Waals surface area (Å²) in [6.07, 6.45) is 3.88. The third kappa shape index (κ3) is 2.61. The van der Waals surface area contributed by atoms with Crippen LogP contribution < -0.4 is 5.32 Å². The number of anilines is 1. The number of aryl methyl sites for hydroxylation is 1. The molecule has 1 atom stereocenters. The topological polar surface area (TPSA) is 29.9 Å². The zero-order valence-electron chi connectivity index (χ0n) is 10.2. The number of hydrogen-bond acceptors (Lipinski definition) is 2. The molecule has 0 spiro atoms. The summed E-state index contributed by atoms with van der Waals surface area (Å²) in [6.45, 7) is 4.12. The molecule has 0 aliphatic heterocycles. The summed E-state index contributed by atoms with van der Waals surface area (Å²) in [5, 5.41) is 8.40. The highest BCUT2D eigenvalue weighted by Gasteiger charge is 2.09. The Kier molecular flexibility index (Phi) is 3.38. The van der Waals surface area contributed by atoms with Crippen molar-refractivity contribution < 1.29 is 0 Å². The Morgan fingerprint density at radius 3 is 2.82 bits per heavy atom. The van der Waals surface area contributed by atoms with Crippen molar-refractivity contribution in [3.05, 3.63) is 46.7 Å². The van der Waals surface area contributed by atoms with Gasteiger partial charge in [-0.1, -0.05) is 17.7 Å². The summed E-state index contributed by atoms with van der Waals surface area (Å²) < 4.78 is 1.80. The van der Waals surface area contributed by atoms with Gasteiger partial charge in [0.2, 0.25) is 0 Å². The molecule has 0 fully saturated rings. The third-order valence-corrected chi connectivity index (χ3v) is 3.27. The average Bonchev–Trinajstić information content (AvgIpc) is 2.72. The number of nitrogens with zero attached hydrogens (tertiary/aromatic N) is 2. The van der Waals surface area contributed by atoms with Crippen LogP contribution in [0.5, 0.6) is 0 Å². The van der Waals surface area contributed by atoms with Crippen LogP contribution in [-0.4, -0.2) is 9.78 Å². The summed E-state index contributed by atoms with van der Waals surface area (Å²) >= 11 is 6.09. The van der Waals surface area contributed by atoms with Gasteiger partial charge in [0.05, 0.1) is 12.2 Å². The van der Waals surface area contributed by atoms with Gasteiger partial charge in [0.25, 0.3) is 0 Å². The van der Waals surface area contributed by atoms with E-state index in [2.05, 4.69) is 17.3 Å². The van der Waals surface area contributed by atoms with Crippen molar-refractivity contribution in [1.82, 2.24) is 9.78 Å². The van der Waals surface area contributed by atoms with Gasteiger partial charge in [-0.3, -0.25) is 4.68 Å². The van der Waals surface area contributed by atoms with E-state index in [9.17, 15) is 0 Å². The highest BCUT2D eigenvalue weighted by molar-refractivity contribution is 6.31. The highest BCUT2D eigenvalue weighted by atomic mass is 35.5. The van der Waals surface area contributed by atoms with Gasteiger partial charge in [-0.2, -0.15) is 5.10 Å². The molecule has 17 heavy (non-hydrogen) atoms. The van der Waals surface area contributed by atoms with Crippen molar-refractivity contribution in [1.29, 1.82) is 0 Å². The number of rotatable bonds is 3. The fraction of sp³-hybridized carbons (Fsp3) is 0.308. The first-order valence-electron chi connectivity index (χ1n) is 5.58. The molecule has 0 amide bonds. The van der Waals surface area contributed by atoms with Crippen molar-refractivity contribution in [2.24, 2.45) is 7.05 Å². The van der Waals surface area contributed by atoms with Crippen LogP contribution in [-0.2, 0) is 7.05 Å². The van der Waals surface area contributed by atoms with Crippen molar-refractivity contribution in [3.8, 4) is 0 Å². The van der Waals surface area contributed by atoms with E-state index in [1.165, 1.54) is 0 Å². The molecule has 0 radical (unpaired) electrons. The van der Waals surface area contributed by atoms with E-state index in [-0.39, 0.29) is 6.04 Å². The van der Waals surface area contributed by atoms with Crippen molar-refractivity contribution in [3.63, 3.8) is 0 Å². The molecule has 0 bridgehead atoms. The maximum atomic E-state index is 6.09. The largest absolute Gasteiger partial charge is 0.378 e. The number of benzene rings is 1. The Morgan fingerprint density at radius 2 is 2.18 bits per heavy atom. The molecule has 2 rings (SSSR count). The zero-order valence-corrected chi connectivity index (χ0v) is 11.0. The van der Waals surface area contributed by atoms with E-state index in [0.29, 0.717) is 0 Å². The smallest absolute Gasteiger partial charge is 0.0542 e. The highest BCUT2D eigenvalue weighted by Crippen LogP contribution is 2.26. The first kappa shape index (κ1) is 12.0. The van der Waals surface area contributed by atoms with Crippen LogP contribution in [0.1, 0.15) is 24.1 Å². The van der Waals surface area contributed by atoms with Crippen molar-refractivity contribution >= 4 is 17.3 Å². The van der Waals surface area contributed by atoms with Crippen LogP contribution in [0.3, 0.4) is 0 Å². The molecule has 0 saturated heterocycles. The Morgan fingerprint density at radius 1 is 1.41 bits per heavy atom. The lowest BCUT2D eigenvalue weighted by molar-refractivity contribution is 0.765. The molecule has 1 aromatic heterocycles. The first-order valence-corrected chi connectivity index (χ1v) is 5.96. The summed E-state index contributed by atoms with van der Waals surface area (Å²) in [7, 11) is 1.92. The number of aromatic nitrogens is 2. The van der Waals surface area contributed by atoms with E-state index in [0.717, 1.165) is 21.8 Å². The predicted octanol–water partition coefficient (Wildman–Crippen LogP) is 3.56. The molecule has 4 heteroatoms. The molecule has 1 aromatic carbocycles. The number of halogens is 1. The van der Waals surface area contributed by atoms with Gasteiger partial charge >= 0.3 is 0 Å². The normalized spacial score (nSPS) is 12.5. The Labute approximate surface area is 106 Å². The van der Waals surface area contributed by atoms with Gasteiger partial charge in [-0.25, -0.2) is 0 Å². The standard InChI is InChI=1S/C13H16ClN3/c1-9-12(14)5-4-6-13(9)16-10(2)11-7-15-17(3)8-11/h4-8,10,16H,1-3H3. The summed E-state index contributed by atoms with van der Waals surface area (Å²) in [6, 6.07) is 6.10. The fourth-order valence-corrected chi connectivity index (χ4v) is 1.92. The van der Waals surface area contributed by atoms with Gasteiger partial charge in [0.1, 0.15) is 0 Å². The molecule has 1 heterocycles. The number of hydrogen-bond donors (Lipinski definition) is 1. The Balaban J connectivity index is 2.18. The lowest BCUT2D eigenvalue weighted by Crippen LogP contribution is -2.07. The van der Waals surface area contributed by atoms with Crippen LogP contribution in [0.25, 0.3) is 0 Å². The molecule has 3 nitrogen and oxygen atoms in total. The van der Waals surface area contributed by atoms with Crippen molar-refractivity contribution in [2.75, 3.05) is 5.32 Å². The Hall–Kier alpha value is -1.48. The minimum atomic E-state index is 0.209. The molecule has 2 aromatic rings. The van der Waals surface area contributed by atoms with Crippen LogP contribution in [0, 0.1) is 6.92 Å². The SMILES string of the molecule is Cc1c(Cl)cccc1NC(C)c1cnn(C)c1. The van der Waals surface area contributed by atoms with Crippen molar-refractivity contribution in [2.45, 2.75) is 19.9 Å². The maximum absolute atomic E-state index is 6.09. The van der Waals surface area contributed by atoms with Gasteiger partial charge in [0, 0.05) is 29.5 Å². The summed E-state index contributed by atoms with van der Waals surface area (Å²) in [5.74, 6) is 0. The van der Waals surface area contributed by atoms with Gasteiger partial charge < -0.3 is 5.32 Å².